The van der Waals surface area contributed by atoms with E-state index in [0.717, 1.165) is 46.0 Å². The number of benzene rings is 7. The zero-order valence-corrected chi connectivity index (χ0v) is 29.9. The Labute approximate surface area is 302 Å². The minimum absolute atomic E-state index is 0.0595. The van der Waals surface area contributed by atoms with Gasteiger partial charge in [0.25, 0.3) is 0 Å². The second kappa shape index (κ2) is 11.2. The van der Waals surface area contributed by atoms with Crippen molar-refractivity contribution in [1.82, 2.24) is 0 Å². The van der Waals surface area contributed by atoms with Gasteiger partial charge in [-0.2, -0.15) is 0 Å². The van der Waals surface area contributed by atoms with Crippen molar-refractivity contribution >= 4 is 94.0 Å². The monoisotopic (exact) mass is 774 g/mol. The quantitative estimate of drug-likeness (QED) is 0.258. The Hall–Kier alpha value is -5.09. The van der Waals surface area contributed by atoms with Gasteiger partial charge in [0.05, 0.1) is 0 Å². The molecular weight excluding hydrogens is 748 g/mol. The maximum absolute atomic E-state index is 6.65. The first-order valence-corrected chi connectivity index (χ1v) is 20.0. The summed E-state index contributed by atoms with van der Waals surface area (Å²) < 4.78 is 31.6. The van der Waals surface area contributed by atoms with E-state index < -0.39 is 0 Å². The molecule has 0 spiro atoms. The first-order valence-electron chi connectivity index (χ1n) is 16.6. The summed E-state index contributed by atoms with van der Waals surface area (Å²) in [7, 11) is 0. The van der Waals surface area contributed by atoms with Crippen LogP contribution in [0.1, 0.15) is 0 Å². The van der Waals surface area contributed by atoms with Gasteiger partial charge in [0.15, 0.2) is 0 Å². The van der Waals surface area contributed by atoms with E-state index in [2.05, 4.69) is 84.9 Å². The molecule has 0 aromatic heterocycles. The second-order valence-electron chi connectivity index (χ2n) is 12.8. The summed E-state index contributed by atoms with van der Waals surface area (Å²) in [6.45, 7) is 0.161. The van der Waals surface area contributed by atoms with Gasteiger partial charge in [0.2, 0.25) is 0 Å². The fourth-order valence-corrected chi connectivity index (χ4v) is 13.2. The predicted molar refractivity (Wildman–Crippen MR) is 205 cm³/mol. The number of ether oxygens (including phenoxy) is 4. The van der Waals surface area contributed by atoms with E-state index in [1.165, 1.54) is 50.6 Å². The van der Waals surface area contributed by atoms with E-state index in [-0.39, 0.29) is 43.3 Å². The van der Waals surface area contributed by atoms with Crippen LogP contribution in [0.5, 0.6) is 46.0 Å². The van der Waals surface area contributed by atoms with E-state index in [0.29, 0.717) is 0 Å². The van der Waals surface area contributed by atoms with Crippen molar-refractivity contribution in [2.24, 2.45) is 0 Å². The SMILES string of the molecule is c1ccc(Oc2cc3c4c(c2)[Se]c2cc5c(cc2B4c2ccccc2O3)B2c3ccccc3Oc3cc(Oc4ccccc4)cc(c32)[Se]5)cc1. The first kappa shape index (κ1) is 28.7. The summed E-state index contributed by atoms with van der Waals surface area (Å²) in [6, 6.07) is 50.7. The molecule has 50 heavy (non-hydrogen) atoms. The zero-order chi connectivity index (χ0) is 32.8. The van der Waals surface area contributed by atoms with E-state index in [1.807, 2.05) is 60.7 Å². The Kier molecular flexibility index (Phi) is 6.44. The van der Waals surface area contributed by atoms with Crippen molar-refractivity contribution in [3.63, 3.8) is 0 Å². The summed E-state index contributed by atoms with van der Waals surface area (Å²) >= 11 is 0.119. The van der Waals surface area contributed by atoms with Gasteiger partial charge in [-0.1, -0.05) is 0 Å². The van der Waals surface area contributed by atoms with Crippen LogP contribution in [0, 0.1) is 0 Å². The Morgan fingerprint density at radius 2 is 0.800 bits per heavy atom. The zero-order valence-electron chi connectivity index (χ0n) is 26.5. The summed E-state index contributed by atoms with van der Waals surface area (Å²) in [4.78, 5) is 0. The van der Waals surface area contributed by atoms with Gasteiger partial charge < -0.3 is 0 Å². The summed E-state index contributed by atoms with van der Waals surface area (Å²) in [5.41, 5.74) is 7.75. The Balaban J connectivity index is 1.08. The van der Waals surface area contributed by atoms with Gasteiger partial charge in [-0.05, 0) is 0 Å². The van der Waals surface area contributed by atoms with Crippen molar-refractivity contribution in [1.29, 1.82) is 0 Å². The van der Waals surface area contributed by atoms with Crippen LogP contribution in [-0.2, 0) is 0 Å². The molecule has 0 bridgehead atoms. The van der Waals surface area contributed by atoms with Gasteiger partial charge in [-0.3, -0.25) is 0 Å². The molecule has 4 nitrogen and oxygen atoms in total. The molecule has 0 aliphatic carbocycles. The van der Waals surface area contributed by atoms with Gasteiger partial charge in [-0.15, -0.1) is 0 Å². The molecule has 0 saturated carbocycles. The maximum atomic E-state index is 6.65. The van der Waals surface area contributed by atoms with Crippen LogP contribution in [0.3, 0.4) is 0 Å². The molecule has 234 valence electrons. The Morgan fingerprint density at radius 1 is 0.360 bits per heavy atom. The van der Waals surface area contributed by atoms with E-state index >= 15 is 0 Å². The second-order valence-corrected chi connectivity index (χ2v) is 17.3. The normalized spacial score (nSPS) is 13.7. The molecule has 4 heterocycles. The molecule has 7 aromatic carbocycles. The van der Waals surface area contributed by atoms with Gasteiger partial charge in [0.1, 0.15) is 0 Å². The van der Waals surface area contributed by atoms with E-state index in [4.69, 9.17) is 18.9 Å². The Bertz CT molecular complexity index is 2350. The van der Waals surface area contributed by atoms with Crippen LogP contribution in [-0.4, -0.2) is 43.3 Å². The summed E-state index contributed by atoms with van der Waals surface area (Å²) in [6.07, 6.45) is 0. The topological polar surface area (TPSA) is 36.9 Å². The number of rotatable bonds is 4. The summed E-state index contributed by atoms with van der Waals surface area (Å²) in [5.74, 6) is 6.85. The number of hydrogen-bond donors (Lipinski definition) is 0. The van der Waals surface area contributed by atoms with E-state index in [1.54, 1.807) is 0 Å². The standard InChI is InChI=1S/C42H24B2O4Se2/c1-3-11-25(12-4-1)45-27-19-35-41-39(21-27)49-37-24-38-32(23-31(37)43(41)29-15-7-9-17-33(29)47-35)44-30-16-8-10-18-34(30)48-36-20-28(22-40(50-38)42(36)44)46-26-13-5-2-6-14-26/h1-24H. The van der Waals surface area contributed by atoms with Crippen molar-refractivity contribution in [3.05, 3.63) is 146 Å². The van der Waals surface area contributed by atoms with Crippen molar-refractivity contribution < 1.29 is 18.9 Å². The van der Waals surface area contributed by atoms with Gasteiger partial charge in [0, 0.05) is 0 Å². The molecule has 11 rings (SSSR count). The third kappa shape index (κ3) is 4.54. The minimum atomic E-state index is 0.0595. The molecule has 0 N–H and O–H groups in total. The molecule has 4 aliphatic rings. The van der Waals surface area contributed by atoms with Crippen LogP contribution in [0.15, 0.2) is 146 Å². The van der Waals surface area contributed by atoms with Crippen LogP contribution < -0.4 is 69.6 Å². The number of para-hydroxylation sites is 4. The molecule has 0 unspecified atom stereocenters. The number of fused-ring (bicyclic) bond motifs is 8. The fourth-order valence-electron chi connectivity index (χ4n) is 7.71. The van der Waals surface area contributed by atoms with Crippen molar-refractivity contribution in [3.8, 4) is 46.0 Å². The molecule has 0 amide bonds. The molecule has 4 aliphatic heterocycles. The molecule has 0 saturated heterocycles. The molecule has 0 atom stereocenters. The molecule has 7 aromatic rings. The molecule has 8 heteroatoms. The van der Waals surface area contributed by atoms with Crippen LogP contribution >= 0.6 is 0 Å². The average molecular weight is 772 g/mol. The predicted octanol–water partition coefficient (Wildman–Crippen LogP) is 2.45. The Morgan fingerprint density at radius 3 is 1.28 bits per heavy atom. The molecular formula is C42H24B2O4Se2. The fraction of sp³-hybridized carbons (Fsp3) is 0. The van der Waals surface area contributed by atoms with Crippen LogP contribution in [0.2, 0.25) is 0 Å². The molecule has 0 radical (unpaired) electrons. The van der Waals surface area contributed by atoms with Crippen LogP contribution in [0.25, 0.3) is 0 Å². The van der Waals surface area contributed by atoms with Crippen LogP contribution in [0.4, 0.5) is 0 Å². The summed E-state index contributed by atoms with van der Waals surface area (Å²) in [5, 5.41) is 0. The van der Waals surface area contributed by atoms with Crippen molar-refractivity contribution in [2.75, 3.05) is 0 Å². The average Bonchev–Trinajstić information content (AvgIpc) is 3.14. The third-order valence-electron chi connectivity index (χ3n) is 9.79. The van der Waals surface area contributed by atoms with E-state index in [9.17, 15) is 0 Å². The van der Waals surface area contributed by atoms with Gasteiger partial charge >= 0.3 is 304 Å². The first-order chi connectivity index (χ1) is 24.7. The van der Waals surface area contributed by atoms with Crippen molar-refractivity contribution in [2.45, 2.75) is 0 Å². The van der Waals surface area contributed by atoms with Gasteiger partial charge in [-0.25, -0.2) is 0 Å². The molecule has 0 fully saturated rings. The number of hydrogen-bond acceptors (Lipinski definition) is 4. The third-order valence-corrected chi connectivity index (χ3v) is 14.5.